The second-order valence-corrected chi connectivity index (χ2v) is 9.86. The van der Waals surface area contributed by atoms with E-state index in [1.807, 2.05) is 20.2 Å². The first kappa shape index (κ1) is 27.4. The number of aromatic nitrogens is 2. The number of carbonyl (C=O) groups is 1. The molecule has 1 saturated heterocycles. The van der Waals surface area contributed by atoms with E-state index in [4.69, 9.17) is 14.3 Å². The largest absolute Gasteiger partial charge is 0.528 e. The Kier molecular flexibility index (Phi) is 10.1. The van der Waals surface area contributed by atoms with Crippen molar-refractivity contribution in [3.8, 4) is 11.9 Å². The fourth-order valence-electron chi connectivity index (χ4n) is 3.33. The van der Waals surface area contributed by atoms with Crippen LogP contribution in [0.15, 0.2) is 29.4 Å². The minimum absolute atomic E-state index is 0.0838. The third-order valence-corrected chi connectivity index (χ3v) is 6.11. The molecule has 1 aliphatic rings. The van der Waals surface area contributed by atoms with Gasteiger partial charge >= 0.3 is 6.16 Å². The van der Waals surface area contributed by atoms with Crippen LogP contribution in [0, 0.1) is 17.1 Å². The summed E-state index contributed by atoms with van der Waals surface area (Å²) in [6, 6.07) is 6.96. The van der Waals surface area contributed by atoms with Crippen molar-refractivity contribution < 1.29 is 23.5 Å². The summed E-state index contributed by atoms with van der Waals surface area (Å²) in [6.45, 7) is 5.27. The highest BCUT2D eigenvalue weighted by molar-refractivity contribution is 7.99. The van der Waals surface area contributed by atoms with E-state index in [1.165, 1.54) is 17.5 Å². The van der Waals surface area contributed by atoms with Gasteiger partial charge in [0.1, 0.15) is 24.3 Å². The zero-order valence-electron chi connectivity index (χ0n) is 20.9. The number of hydroxylamine groups is 2. The third kappa shape index (κ3) is 8.22. The molecule has 0 bridgehead atoms. The molecule has 2 aromatic rings. The molecule has 0 unspecified atom stereocenters. The Morgan fingerprint density at radius 2 is 2.08 bits per heavy atom. The van der Waals surface area contributed by atoms with Crippen molar-refractivity contribution in [3.63, 3.8) is 0 Å². The lowest BCUT2D eigenvalue weighted by Crippen LogP contribution is -2.40. The van der Waals surface area contributed by atoms with Crippen LogP contribution in [0.3, 0.4) is 0 Å². The lowest BCUT2D eigenvalue weighted by atomic mass is 10.1. The first-order chi connectivity index (χ1) is 17.2. The van der Waals surface area contributed by atoms with Gasteiger partial charge in [-0.3, -0.25) is 0 Å². The van der Waals surface area contributed by atoms with Crippen LogP contribution in [0.2, 0.25) is 0 Å². The Labute approximate surface area is 214 Å². The smallest absolute Gasteiger partial charge is 0.473 e. The van der Waals surface area contributed by atoms with Crippen LogP contribution in [-0.2, 0) is 9.57 Å². The number of piperidine rings is 1. The number of nitriles is 1. The molecule has 36 heavy (non-hydrogen) atoms. The average Bonchev–Trinajstić information content (AvgIpc) is 2.81. The summed E-state index contributed by atoms with van der Waals surface area (Å²) in [5, 5.41) is 14.2. The number of ether oxygens (including phenoxy) is 2. The van der Waals surface area contributed by atoms with E-state index < -0.39 is 12.0 Å². The van der Waals surface area contributed by atoms with Gasteiger partial charge in [-0.05, 0) is 46.1 Å². The summed E-state index contributed by atoms with van der Waals surface area (Å²) in [7, 11) is 3.98. The van der Waals surface area contributed by atoms with Gasteiger partial charge in [0.05, 0.1) is 11.8 Å². The molecular weight excluding hydrogens is 487 g/mol. The number of anilines is 2. The summed E-state index contributed by atoms with van der Waals surface area (Å²) < 4.78 is 25.7. The molecule has 3 rings (SSSR count). The number of halogens is 1. The molecule has 1 aromatic heterocycles. The van der Waals surface area contributed by atoms with E-state index in [9.17, 15) is 14.4 Å². The Balaban J connectivity index is 1.60. The number of hydrogen-bond donors (Lipinski definition) is 1. The number of nitrogens with zero attached hydrogens (tertiary/aromatic N) is 5. The molecule has 0 aliphatic carbocycles. The van der Waals surface area contributed by atoms with Gasteiger partial charge in [-0.15, -0.1) is 16.8 Å². The summed E-state index contributed by atoms with van der Waals surface area (Å²) in [5.41, 5.74) is 0.285. The van der Waals surface area contributed by atoms with E-state index in [0.717, 1.165) is 17.2 Å². The number of hydrogen-bond acceptors (Lipinski definition) is 11. The van der Waals surface area contributed by atoms with Crippen LogP contribution in [0.4, 0.5) is 20.7 Å². The van der Waals surface area contributed by atoms with Crippen molar-refractivity contribution in [1.82, 2.24) is 19.9 Å². The monoisotopic (exact) mass is 518 g/mol. The number of carbonyl (C=O) groups excluding carboxylic acids is 1. The van der Waals surface area contributed by atoms with Crippen LogP contribution in [-0.4, -0.2) is 77.8 Å². The lowest BCUT2D eigenvalue weighted by molar-refractivity contribution is -0.151. The van der Waals surface area contributed by atoms with E-state index in [2.05, 4.69) is 26.3 Å². The normalized spacial score (nSPS) is 14.5. The highest BCUT2D eigenvalue weighted by atomic mass is 32.2. The number of nitrogens with one attached hydrogen (secondary N) is 1. The predicted molar refractivity (Wildman–Crippen MR) is 134 cm³/mol. The standard InChI is InChI=1S/C24H31FN6O4S/c1-16(2)33-24(32)35-31-9-7-17(8-10-31)34-23-19(14-26)22(27-15-28-23)29-21-6-5-18(13-20(21)25)36-12-11-30(3)4/h5-6,13,15-17H,7-12H2,1-4H3,(H,27,28,29). The van der Waals surface area contributed by atoms with Gasteiger partial charge in [-0.2, -0.15) is 5.26 Å². The molecule has 0 amide bonds. The van der Waals surface area contributed by atoms with Crippen molar-refractivity contribution >= 4 is 29.4 Å². The number of thioether (sulfide) groups is 1. The maximum Gasteiger partial charge on any atom is 0.528 e. The first-order valence-corrected chi connectivity index (χ1v) is 12.6. The van der Waals surface area contributed by atoms with E-state index in [-0.39, 0.29) is 35.2 Å². The predicted octanol–water partition coefficient (Wildman–Crippen LogP) is 4.20. The van der Waals surface area contributed by atoms with Crippen molar-refractivity contribution in [2.75, 3.05) is 44.8 Å². The maximum atomic E-state index is 14.7. The quantitative estimate of drug-likeness (QED) is 0.360. The topological polar surface area (TPSA) is 113 Å². The van der Waals surface area contributed by atoms with Gasteiger partial charge in [-0.1, -0.05) is 0 Å². The summed E-state index contributed by atoms with van der Waals surface area (Å²) in [6.07, 6.45) is 1.12. The van der Waals surface area contributed by atoms with E-state index in [0.29, 0.717) is 25.9 Å². The Bertz CT molecular complexity index is 1070. The maximum absolute atomic E-state index is 14.7. The van der Waals surface area contributed by atoms with Crippen molar-refractivity contribution in [3.05, 3.63) is 35.9 Å². The molecule has 0 saturated carbocycles. The van der Waals surface area contributed by atoms with Gasteiger partial charge in [0.15, 0.2) is 11.4 Å². The summed E-state index contributed by atoms with van der Waals surface area (Å²) in [4.78, 5) is 28.0. The van der Waals surface area contributed by atoms with Crippen LogP contribution in [0.5, 0.6) is 5.88 Å². The summed E-state index contributed by atoms with van der Waals surface area (Å²) >= 11 is 1.57. The van der Waals surface area contributed by atoms with Gasteiger partial charge in [0, 0.05) is 43.1 Å². The molecule has 0 atom stereocenters. The number of benzene rings is 1. The fourth-order valence-corrected chi connectivity index (χ4v) is 4.38. The lowest BCUT2D eigenvalue weighted by Gasteiger charge is -2.30. The fraction of sp³-hybridized carbons (Fsp3) is 0.500. The zero-order chi connectivity index (χ0) is 26.1. The van der Waals surface area contributed by atoms with Gasteiger partial charge in [0.25, 0.3) is 0 Å². The molecular formula is C24H31FN6O4S. The van der Waals surface area contributed by atoms with Crippen molar-refractivity contribution in [2.24, 2.45) is 0 Å². The Morgan fingerprint density at radius 3 is 2.72 bits per heavy atom. The molecule has 2 heterocycles. The third-order valence-electron chi connectivity index (χ3n) is 5.14. The molecule has 194 valence electrons. The van der Waals surface area contributed by atoms with Crippen LogP contribution >= 0.6 is 11.8 Å². The van der Waals surface area contributed by atoms with E-state index in [1.54, 1.807) is 31.7 Å². The first-order valence-electron chi connectivity index (χ1n) is 11.6. The Morgan fingerprint density at radius 1 is 1.33 bits per heavy atom. The minimum atomic E-state index is -0.741. The second-order valence-electron chi connectivity index (χ2n) is 8.69. The molecule has 1 fully saturated rings. The van der Waals surface area contributed by atoms with Crippen LogP contribution in [0.1, 0.15) is 32.3 Å². The Hall–Kier alpha value is -3.14. The summed E-state index contributed by atoms with van der Waals surface area (Å²) in [5.74, 6) is 0.673. The second kappa shape index (κ2) is 13.2. The van der Waals surface area contributed by atoms with Crippen LogP contribution < -0.4 is 10.1 Å². The highest BCUT2D eigenvalue weighted by Crippen LogP contribution is 2.29. The molecule has 10 nitrogen and oxygen atoms in total. The minimum Gasteiger partial charge on any atom is -0.473 e. The van der Waals surface area contributed by atoms with Gasteiger partial charge in [0.2, 0.25) is 5.88 Å². The van der Waals surface area contributed by atoms with Gasteiger partial charge in [-0.25, -0.2) is 19.2 Å². The number of rotatable bonds is 10. The zero-order valence-corrected chi connectivity index (χ0v) is 21.7. The SMILES string of the molecule is CC(C)OC(=O)ON1CCC(Oc2ncnc(Nc3ccc(SCCN(C)C)cc3F)c2C#N)CC1. The average molecular weight is 519 g/mol. The van der Waals surface area contributed by atoms with Crippen molar-refractivity contribution in [2.45, 2.75) is 43.8 Å². The van der Waals surface area contributed by atoms with E-state index >= 15 is 0 Å². The highest BCUT2D eigenvalue weighted by Gasteiger charge is 2.26. The molecule has 1 N–H and O–H groups in total. The molecule has 1 aromatic carbocycles. The van der Waals surface area contributed by atoms with Gasteiger partial charge < -0.3 is 24.5 Å². The molecule has 12 heteroatoms. The van der Waals surface area contributed by atoms with Crippen molar-refractivity contribution in [1.29, 1.82) is 5.26 Å². The molecule has 1 aliphatic heterocycles. The molecule has 0 spiro atoms. The van der Waals surface area contributed by atoms with Crippen LogP contribution in [0.25, 0.3) is 0 Å². The molecule has 0 radical (unpaired) electrons.